The summed E-state index contributed by atoms with van der Waals surface area (Å²) in [5, 5.41) is 2.57. The van der Waals surface area contributed by atoms with Crippen molar-refractivity contribution in [2.45, 2.75) is 31.6 Å². The molecule has 0 saturated heterocycles. The number of hydrogen-bond acceptors (Lipinski definition) is 4. The molecule has 0 atom stereocenters. The number of rotatable bonds is 7. The van der Waals surface area contributed by atoms with Gasteiger partial charge in [0.05, 0.1) is 4.90 Å². The summed E-state index contributed by atoms with van der Waals surface area (Å²) in [5.41, 5.74) is 0.441. The highest BCUT2D eigenvalue weighted by atomic mass is 32.2. The Bertz CT molecular complexity index is 576. The smallest absolute Gasteiger partial charge is 0.235 e. The maximum Gasteiger partial charge on any atom is 0.235 e. The first kappa shape index (κ1) is 16.4. The Balaban J connectivity index is 2.73. The minimum absolute atomic E-state index is 0.0492. The van der Waals surface area contributed by atoms with Gasteiger partial charge in [0.15, 0.2) is 15.6 Å². The van der Waals surface area contributed by atoms with E-state index in [9.17, 15) is 18.0 Å². The summed E-state index contributed by atoms with van der Waals surface area (Å²) in [7, 11) is -3.66. The molecule has 1 amide bonds. The third kappa shape index (κ3) is 4.77. The zero-order valence-electron chi connectivity index (χ0n) is 11.7. The number of unbranched alkanes of at least 4 members (excludes halogenated alkanes) is 1. The molecule has 0 spiro atoms. The van der Waals surface area contributed by atoms with Gasteiger partial charge in [-0.05, 0) is 25.5 Å². The number of benzene rings is 1. The topological polar surface area (TPSA) is 80.3 Å². The van der Waals surface area contributed by atoms with E-state index >= 15 is 0 Å². The van der Waals surface area contributed by atoms with Crippen LogP contribution in [-0.2, 0) is 14.6 Å². The number of sulfone groups is 1. The summed E-state index contributed by atoms with van der Waals surface area (Å²) < 4.78 is 24.0. The zero-order valence-corrected chi connectivity index (χ0v) is 12.5. The van der Waals surface area contributed by atoms with E-state index in [4.69, 9.17) is 0 Å². The maximum absolute atomic E-state index is 12.0. The van der Waals surface area contributed by atoms with Gasteiger partial charge in [-0.15, -0.1) is 0 Å². The molecular formula is C14H19NO4S. The number of hydrogen-bond donors (Lipinski definition) is 1. The van der Waals surface area contributed by atoms with E-state index in [2.05, 4.69) is 5.32 Å². The van der Waals surface area contributed by atoms with Crippen molar-refractivity contribution in [2.75, 3.05) is 12.3 Å². The molecule has 0 radical (unpaired) electrons. The zero-order chi connectivity index (χ0) is 15.2. The first-order valence-electron chi connectivity index (χ1n) is 6.47. The largest absolute Gasteiger partial charge is 0.355 e. The van der Waals surface area contributed by atoms with E-state index in [1.807, 2.05) is 6.92 Å². The second kappa shape index (κ2) is 7.19. The molecule has 5 nitrogen and oxygen atoms in total. The molecule has 0 aliphatic carbocycles. The van der Waals surface area contributed by atoms with Gasteiger partial charge in [0.1, 0.15) is 5.75 Å². The van der Waals surface area contributed by atoms with Crippen LogP contribution in [0.4, 0.5) is 0 Å². The minimum Gasteiger partial charge on any atom is -0.355 e. The second-order valence-electron chi connectivity index (χ2n) is 4.54. The van der Waals surface area contributed by atoms with Gasteiger partial charge in [-0.2, -0.15) is 0 Å². The molecule has 6 heteroatoms. The van der Waals surface area contributed by atoms with Crippen LogP contribution < -0.4 is 5.32 Å². The molecule has 0 heterocycles. The van der Waals surface area contributed by atoms with Gasteiger partial charge in [-0.1, -0.05) is 25.5 Å². The number of amides is 1. The molecule has 110 valence electrons. The molecule has 1 N–H and O–H groups in total. The normalized spacial score (nSPS) is 11.1. The molecule has 1 aromatic rings. The Morgan fingerprint density at radius 3 is 2.25 bits per heavy atom. The standard InChI is InChI=1S/C14H19NO4S/c1-3-4-9-15-14(17)10-20(18,19)13-7-5-12(6-8-13)11(2)16/h5-8H,3-4,9-10H2,1-2H3,(H,15,17). The predicted octanol–water partition coefficient (Wildman–Crippen LogP) is 1.58. The van der Waals surface area contributed by atoms with Crippen LogP contribution >= 0.6 is 0 Å². The average Bonchev–Trinajstić information content (AvgIpc) is 2.38. The van der Waals surface area contributed by atoms with Crippen molar-refractivity contribution < 1.29 is 18.0 Å². The lowest BCUT2D eigenvalue weighted by Crippen LogP contribution is -2.31. The summed E-state index contributed by atoms with van der Waals surface area (Å²) in [5.74, 6) is -1.21. The first-order valence-corrected chi connectivity index (χ1v) is 8.12. The van der Waals surface area contributed by atoms with Gasteiger partial charge < -0.3 is 5.32 Å². The summed E-state index contributed by atoms with van der Waals surface area (Å²) >= 11 is 0. The van der Waals surface area contributed by atoms with Crippen molar-refractivity contribution in [3.8, 4) is 0 Å². The van der Waals surface area contributed by atoms with Gasteiger partial charge in [-0.25, -0.2) is 8.42 Å². The van der Waals surface area contributed by atoms with Crippen LogP contribution in [0.5, 0.6) is 0 Å². The van der Waals surface area contributed by atoms with Gasteiger partial charge in [0, 0.05) is 12.1 Å². The molecule has 0 fully saturated rings. The van der Waals surface area contributed by atoms with Crippen LogP contribution in [0.15, 0.2) is 29.2 Å². The Kier molecular flexibility index (Phi) is 5.88. The molecule has 0 aromatic heterocycles. The van der Waals surface area contributed by atoms with Crippen molar-refractivity contribution in [3.05, 3.63) is 29.8 Å². The molecule has 0 aliphatic heterocycles. The molecule has 0 unspecified atom stereocenters. The fourth-order valence-corrected chi connectivity index (χ4v) is 2.77. The van der Waals surface area contributed by atoms with Crippen LogP contribution in [-0.4, -0.2) is 32.4 Å². The van der Waals surface area contributed by atoms with Crippen LogP contribution in [0.2, 0.25) is 0 Å². The molecule has 0 bridgehead atoms. The summed E-state index contributed by atoms with van der Waals surface area (Å²) in [4.78, 5) is 22.7. The number of Topliss-reactive ketones (excluding diaryl/α,β-unsaturated/α-hetero) is 1. The van der Waals surface area contributed by atoms with Crippen molar-refractivity contribution >= 4 is 21.5 Å². The average molecular weight is 297 g/mol. The van der Waals surface area contributed by atoms with Gasteiger partial charge in [-0.3, -0.25) is 9.59 Å². The van der Waals surface area contributed by atoms with E-state index in [-0.39, 0.29) is 10.7 Å². The number of ketones is 1. The van der Waals surface area contributed by atoms with E-state index in [0.717, 1.165) is 12.8 Å². The lowest BCUT2D eigenvalue weighted by atomic mass is 10.2. The Hall–Kier alpha value is -1.69. The fourth-order valence-electron chi connectivity index (χ4n) is 1.61. The van der Waals surface area contributed by atoms with Crippen molar-refractivity contribution in [3.63, 3.8) is 0 Å². The van der Waals surface area contributed by atoms with E-state index in [0.29, 0.717) is 12.1 Å². The van der Waals surface area contributed by atoms with Gasteiger partial charge in [0.2, 0.25) is 5.91 Å². The summed E-state index contributed by atoms with van der Waals surface area (Å²) in [6, 6.07) is 5.60. The Labute approximate surface area is 119 Å². The molecule has 0 saturated carbocycles. The van der Waals surface area contributed by atoms with Crippen LogP contribution in [0.25, 0.3) is 0 Å². The highest BCUT2D eigenvalue weighted by Crippen LogP contribution is 2.12. The van der Waals surface area contributed by atoms with Crippen molar-refractivity contribution in [1.82, 2.24) is 5.32 Å². The molecule has 20 heavy (non-hydrogen) atoms. The SMILES string of the molecule is CCCCNC(=O)CS(=O)(=O)c1ccc(C(C)=O)cc1. The fraction of sp³-hybridized carbons (Fsp3) is 0.429. The highest BCUT2D eigenvalue weighted by molar-refractivity contribution is 7.92. The van der Waals surface area contributed by atoms with Crippen molar-refractivity contribution in [1.29, 1.82) is 0 Å². The lowest BCUT2D eigenvalue weighted by molar-refractivity contribution is -0.118. The number of carbonyl (C=O) groups excluding carboxylic acids is 2. The van der Waals surface area contributed by atoms with E-state index < -0.39 is 21.5 Å². The lowest BCUT2D eigenvalue weighted by Gasteiger charge is -2.06. The molecule has 1 aromatic carbocycles. The summed E-state index contributed by atoms with van der Waals surface area (Å²) in [6.45, 7) is 3.87. The van der Waals surface area contributed by atoms with Gasteiger partial charge >= 0.3 is 0 Å². The Morgan fingerprint density at radius 1 is 1.15 bits per heavy atom. The van der Waals surface area contributed by atoms with Gasteiger partial charge in [0.25, 0.3) is 0 Å². The second-order valence-corrected chi connectivity index (χ2v) is 6.53. The quantitative estimate of drug-likeness (QED) is 0.612. The monoisotopic (exact) mass is 297 g/mol. The molecule has 0 aliphatic rings. The number of nitrogens with one attached hydrogen (secondary N) is 1. The Morgan fingerprint density at radius 2 is 1.75 bits per heavy atom. The summed E-state index contributed by atoms with van der Waals surface area (Å²) in [6.07, 6.45) is 1.75. The van der Waals surface area contributed by atoms with E-state index in [1.165, 1.54) is 31.2 Å². The van der Waals surface area contributed by atoms with Crippen LogP contribution in [0.3, 0.4) is 0 Å². The predicted molar refractivity (Wildman–Crippen MR) is 76.4 cm³/mol. The minimum atomic E-state index is -3.66. The van der Waals surface area contributed by atoms with Crippen LogP contribution in [0.1, 0.15) is 37.0 Å². The van der Waals surface area contributed by atoms with Crippen molar-refractivity contribution in [2.24, 2.45) is 0 Å². The first-order chi connectivity index (χ1) is 9.36. The molecule has 1 rings (SSSR count). The van der Waals surface area contributed by atoms with E-state index in [1.54, 1.807) is 0 Å². The van der Waals surface area contributed by atoms with Crippen LogP contribution in [0, 0.1) is 0 Å². The maximum atomic E-state index is 12.0. The third-order valence-corrected chi connectivity index (χ3v) is 4.43. The highest BCUT2D eigenvalue weighted by Gasteiger charge is 2.19. The third-order valence-electron chi connectivity index (χ3n) is 2.79. The molecular weight excluding hydrogens is 278 g/mol. The number of carbonyl (C=O) groups is 2.